The van der Waals surface area contributed by atoms with Crippen molar-refractivity contribution in [3.05, 3.63) is 163 Å². The van der Waals surface area contributed by atoms with E-state index >= 15 is 0 Å². The minimum absolute atomic E-state index is 0.149. The van der Waals surface area contributed by atoms with Crippen molar-refractivity contribution in [1.82, 2.24) is 4.57 Å². The summed E-state index contributed by atoms with van der Waals surface area (Å²) in [6, 6.07) is 59.3. The first-order valence-corrected chi connectivity index (χ1v) is 18.0. The van der Waals surface area contributed by atoms with E-state index in [1.807, 2.05) is 0 Å². The summed E-state index contributed by atoms with van der Waals surface area (Å²) >= 11 is 0. The number of nitrogens with zero attached hydrogens (tertiary/aromatic N) is 1. The Morgan fingerprint density at radius 3 is 1.41 bits per heavy atom. The van der Waals surface area contributed by atoms with E-state index in [1.165, 1.54) is 110 Å². The van der Waals surface area contributed by atoms with Crippen LogP contribution in [0.25, 0.3) is 104 Å². The van der Waals surface area contributed by atoms with Crippen LogP contribution < -0.4 is 0 Å². The van der Waals surface area contributed by atoms with E-state index in [-0.39, 0.29) is 5.41 Å². The van der Waals surface area contributed by atoms with Gasteiger partial charge in [-0.15, -0.1) is 0 Å². The van der Waals surface area contributed by atoms with Crippen LogP contribution in [0.5, 0.6) is 0 Å². The minimum Gasteiger partial charge on any atom is -0.309 e. The van der Waals surface area contributed by atoms with Crippen LogP contribution in [0.2, 0.25) is 0 Å². The van der Waals surface area contributed by atoms with E-state index in [0.717, 1.165) is 0 Å². The molecule has 240 valence electrons. The molecule has 1 aliphatic carbocycles. The Kier molecular flexibility index (Phi) is 5.72. The first kappa shape index (κ1) is 28.6. The molecular weight excluding hydrogens is 615 g/mol. The summed E-state index contributed by atoms with van der Waals surface area (Å²) in [7, 11) is 0. The number of aromatic nitrogens is 1. The Hall–Kier alpha value is -6.18. The second-order valence-electron chi connectivity index (χ2n) is 15.4. The predicted octanol–water partition coefficient (Wildman–Crippen LogP) is 14.0. The van der Waals surface area contributed by atoms with Crippen molar-refractivity contribution in [3.8, 4) is 39.1 Å². The molecule has 11 rings (SSSR count). The van der Waals surface area contributed by atoms with Crippen molar-refractivity contribution >= 4 is 64.9 Å². The Morgan fingerprint density at radius 2 is 0.843 bits per heavy atom. The van der Waals surface area contributed by atoms with Gasteiger partial charge in [0.05, 0.1) is 11.0 Å². The average molecular weight is 650 g/mol. The van der Waals surface area contributed by atoms with Gasteiger partial charge >= 0.3 is 0 Å². The zero-order valence-corrected chi connectivity index (χ0v) is 29.0. The summed E-state index contributed by atoms with van der Waals surface area (Å²) in [5, 5.41) is 12.9. The summed E-state index contributed by atoms with van der Waals surface area (Å²) in [4.78, 5) is 0. The predicted molar refractivity (Wildman–Crippen MR) is 219 cm³/mol. The maximum atomic E-state index is 2.47. The highest BCUT2D eigenvalue weighted by molar-refractivity contribution is 6.28. The molecule has 0 spiro atoms. The molecule has 0 unspecified atom stereocenters. The summed E-state index contributed by atoms with van der Waals surface area (Å²) < 4.78 is 2.47. The maximum absolute atomic E-state index is 2.47. The van der Waals surface area contributed by atoms with Gasteiger partial charge in [0.25, 0.3) is 0 Å². The molecule has 0 amide bonds. The van der Waals surface area contributed by atoms with E-state index in [9.17, 15) is 0 Å². The van der Waals surface area contributed by atoms with Gasteiger partial charge in [0.2, 0.25) is 0 Å². The molecule has 1 heteroatoms. The van der Waals surface area contributed by atoms with Gasteiger partial charge in [0.1, 0.15) is 0 Å². The van der Waals surface area contributed by atoms with Gasteiger partial charge in [0.15, 0.2) is 0 Å². The molecule has 0 saturated heterocycles. The largest absolute Gasteiger partial charge is 0.309 e. The van der Waals surface area contributed by atoms with Gasteiger partial charge in [-0.25, -0.2) is 0 Å². The molecule has 0 saturated carbocycles. The fraction of sp³-hybridized carbons (Fsp3) is 0.0800. The van der Waals surface area contributed by atoms with Gasteiger partial charge < -0.3 is 4.57 Å². The Balaban J connectivity index is 1.06. The van der Waals surface area contributed by atoms with Crippen molar-refractivity contribution in [1.29, 1.82) is 0 Å². The third kappa shape index (κ3) is 4.15. The molecule has 9 aromatic carbocycles. The molecule has 0 fully saturated rings. The lowest BCUT2D eigenvalue weighted by molar-refractivity contribution is 0.590. The number of benzene rings is 9. The van der Waals surface area contributed by atoms with Crippen LogP contribution >= 0.6 is 0 Å². The van der Waals surface area contributed by atoms with Gasteiger partial charge in [0, 0.05) is 16.5 Å². The smallest absolute Gasteiger partial charge is 0.0547 e. The zero-order valence-electron chi connectivity index (χ0n) is 29.0. The zero-order chi connectivity index (χ0) is 34.0. The van der Waals surface area contributed by atoms with E-state index in [2.05, 4.69) is 183 Å². The molecular formula is C50H35N. The summed E-state index contributed by atoms with van der Waals surface area (Å²) in [5.74, 6) is 0. The normalized spacial score (nSPS) is 12.6. The maximum Gasteiger partial charge on any atom is 0.0547 e. The monoisotopic (exact) mass is 649 g/mol. The standard InChI is InChI=1S/C50H35N/c1-50(2,3)38-19-14-30(15-20-38)33-12-13-34-26-42-43-27-35-16-21-39(25-37(35)29-45(43)44(42)28-36(34)24-33)51-46-22-17-31-8-4-6-10-40(31)48(46)49-41-11-7-5-9-32(41)18-23-47(49)51/h4-29H,1-3H3. The summed E-state index contributed by atoms with van der Waals surface area (Å²) in [5.41, 5.74) is 13.1. The lowest BCUT2D eigenvalue weighted by Crippen LogP contribution is -2.10. The summed E-state index contributed by atoms with van der Waals surface area (Å²) in [6.45, 7) is 6.81. The highest BCUT2D eigenvalue weighted by Gasteiger charge is 2.24. The minimum atomic E-state index is 0.149. The van der Waals surface area contributed by atoms with E-state index in [1.54, 1.807) is 0 Å². The highest BCUT2D eigenvalue weighted by atomic mass is 15.0. The van der Waals surface area contributed by atoms with Gasteiger partial charge in [-0.2, -0.15) is 0 Å². The second-order valence-corrected chi connectivity index (χ2v) is 15.4. The van der Waals surface area contributed by atoms with Crippen LogP contribution in [0.1, 0.15) is 26.3 Å². The number of rotatable bonds is 2. The first-order valence-electron chi connectivity index (χ1n) is 18.0. The van der Waals surface area contributed by atoms with Crippen molar-refractivity contribution < 1.29 is 0 Å². The van der Waals surface area contributed by atoms with Crippen LogP contribution in [-0.4, -0.2) is 4.57 Å². The van der Waals surface area contributed by atoms with Crippen molar-refractivity contribution in [2.45, 2.75) is 26.2 Å². The number of hydrogen-bond acceptors (Lipinski definition) is 0. The van der Waals surface area contributed by atoms with Crippen molar-refractivity contribution in [3.63, 3.8) is 0 Å². The average Bonchev–Trinajstić information content (AvgIpc) is 3.51. The molecule has 51 heavy (non-hydrogen) atoms. The molecule has 0 atom stereocenters. The number of hydrogen-bond donors (Lipinski definition) is 0. The van der Waals surface area contributed by atoms with Crippen LogP contribution in [0.4, 0.5) is 0 Å². The molecule has 1 aliphatic rings. The molecule has 0 N–H and O–H groups in total. The van der Waals surface area contributed by atoms with E-state index < -0.39 is 0 Å². The van der Waals surface area contributed by atoms with Gasteiger partial charge in [-0.3, -0.25) is 0 Å². The number of fused-ring (bicyclic) bond motifs is 13. The molecule has 0 radical (unpaired) electrons. The lowest BCUT2D eigenvalue weighted by atomic mass is 9.77. The fourth-order valence-electron chi connectivity index (χ4n) is 8.72. The fourth-order valence-corrected chi connectivity index (χ4v) is 8.72. The Morgan fingerprint density at radius 1 is 0.373 bits per heavy atom. The van der Waals surface area contributed by atoms with Crippen LogP contribution in [0.15, 0.2) is 158 Å². The van der Waals surface area contributed by atoms with E-state index in [4.69, 9.17) is 0 Å². The lowest BCUT2D eigenvalue weighted by Gasteiger charge is -2.26. The Labute approximate surface area is 297 Å². The topological polar surface area (TPSA) is 4.93 Å². The third-order valence-corrected chi connectivity index (χ3v) is 11.4. The summed E-state index contributed by atoms with van der Waals surface area (Å²) in [6.07, 6.45) is 0. The molecule has 1 nitrogen and oxygen atoms in total. The third-order valence-electron chi connectivity index (χ3n) is 11.4. The molecule has 0 aliphatic heterocycles. The van der Waals surface area contributed by atoms with E-state index in [0.29, 0.717) is 0 Å². The first-order chi connectivity index (χ1) is 24.9. The van der Waals surface area contributed by atoms with Gasteiger partial charge in [-0.1, -0.05) is 124 Å². The van der Waals surface area contributed by atoms with Gasteiger partial charge in [-0.05, 0) is 142 Å². The molecule has 1 aromatic heterocycles. The van der Waals surface area contributed by atoms with Crippen LogP contribution in [0.3, 0.4) is 0 Å². The SMILES string of the molecule is CC(C)(C)c1ccc(-c2ccc3cc4c(cc3c2)-c2cc3cc(-n5c6ccc7ccccc7c6c6c7ccccc7ccc65)ccc3cc2-4)cc1. The van der Waals surface area contributed by atoms with Crippen LogP contribution in [0, 0.1) is 0 Å². The molecule has 10 aromatic rings. The Bertz CT molecular complexity index is 3000. The quantitative estimate of drug-likeness (QED) is 0.176. The van der Waals surface area contributed by atoms with Crippen molar-refractivity contribution in [2.75, 3.05) is 0 Å². The molecule has 0 bridgehead atoms. The highest BCUT2D eigenvalue weighted by Crippen LogP contribution is 2.51. The second kappa shape index (κ2) is 10.2. The van der Waals surface area contributed by atoms with Crippen LogP contribution in [-0.2, 0) is 5.41 Å². The molecule has 1 heterocycles. The van der Waals surface area contributed by atoms with Crippen molar-refractivity contribution in [2.24, 2.45) is 0 Å².